The number of benzene rings is 2. The van der Waals surface area contributed by atoms with E-state index < -0.39 is 11.2 Å². The van der Waals surface area contributed by atoms with Crippen LogP contribution in [0.4, 0.5) is 4.39 Å². The summed E-state index contributed by atoms with van der Waals surface area (Å²) in [4.78, 5) is 0. The highest BCUT2D eigenvalue weighted by atomic mass is 35.5. The number of halogens is 3. The maximum Gasteiger partial charge on any atom is 0.141 e. The highest BCUT2D eigenvalue weighted by Gasteiger charge is 2.15. The standard InChI is InChI=1S/C16H11Cl2FN2/c17-14-8-11(6-7-15(14)19)16(18)12-9-20-21(10-12)13-4-2-1-3-5-13/h1-10,16H. The Morgan fingerprint density at radius 3 is 2.52 bits per heavy atom. The van der Waals surface area contributed by atoms with Crippen molar-refractivity contribution in [3.63, 3.8) is 0 Å². The van der Waals surface area contributed by atoms with Crippen LogP contribution in [-0.4, -0.2) is 9.78 Å². The number of hydrogen-bond acceptors (Lipinski definition) is 1. The van der Waals surface area contributed by atoms with Crippen molar-refractivity contribution in [3.05, 3.63) is 82.9 Å². The van der Waals surface area contributed by atoms with Crippen LogP contribution in [-0.2, 0) is 0 Å². The summed E-state index contributed by atoms with van der Waals surface area (Å²) < 4.78 is 14.9. The SMILES string of the molecule is Fc1ccc(C(Cl)c2cnn(-c3ccccc3)c2)cc1Cl. The molecule has 5 heteroatoms. The molecule has 106 valence electrons. The summed E-state index contributed by atoms with van der Waals surface area (Å²) >= 11 is 12.2. The summed E-state index contributed by atoms with van der Waals surface area (Å²) in [6, 6.07) is 14.2. The van der Waals surface area contributed by atoms with Crippen molar-refractivity contribution in [3.8, 4) is 5.69 Å². The lowest BCUT2D eigenvalue weighted by Crippen LogP contribution is -1.94. The quantitative estimate of drug-likeness (QED) is 0.621. The summed E-state index contributed by atoms with van der Waals surface area (Å²) in [5.41, 5.74) is 2.50. The van der Waals surface area contributed by atoms with E-state index in [1.165, 1.54) is 12.1 Å². The van der Waals surface area contributed by atoms with Crippen LogP contribution >= 0.6 is 23.2 Å². The molecular weight excluding hydrogens is 310 g/mol. The zero-order chi connectivity index (χ0) is 14.8. The Morgan fingerprint density at radius 1 is 1.05 bits per heavy atom. The van der Waals surface area contributed by atoms with Crippen LogP contribution in [0.25, 0.3) is 5.69 Å². The Kier molecular flexibility index (Phi) is 3.95. The van der Waals surface area contributed by atoms with E-state index in [1.54, 1.807) is 16.9 Å². The topological polar surface area (TPSA) is 17.8 Å². The Morgan fingerprint density at radius 2 is 1.81 bits per heavy atom. The van der Waals surface area contributed by atoms with Crippen LogP contribution in [0.3, 0.4) is 0 Å². The van der Waals surface area contributed by atoms with Gasteiger partial charge in [-0.25, -0.2) is 9.07 Å². The average molecular weight is 321 g/mol. The van der Waals surface area contributed by atoms with Crippen molar-refractivity contribution < 1.29 is 4.39 Å². The highest BCUT2D eigenvalue weighted by Crippen LogP contribution is 2.31. The Labute approximate surface area is 131 Å². The smallest absolute Gasteiger partial charge is 0.141 e. The van der Waals surface area contributed by atoms with E-state index in [0.717, 1.165) is 16.8 Å². The number of rotatable bonds is 3. The van der Waals surface area contributed by atoms with Crippen molar-refractivity contribution >= 4 is 23.2 Å². The van der Waals surface area contributed by atoms with Crippen LogP contribution in [0, 0.1) is 5.82 Å². The normalized spacial score (nSPS) is 12.3. The van der Waals surface area contributed by atoms with Gasteiger partial charge < -0.3 is 0 Å². The van der Waals surface area contributed by atoms with E-state index >= 15 is 0 Å². The summed E-state index contributed by atoms with van der Waals surface area (Å²) in [5.74, 6) is -0.454. The molecule has 0 fully saturated rings. The second-order valence-corrected chi connectivity index (χ2v) is 5.43. The molecule has 0 radical (unpaired) electrons. The summed E-state index contributed by atoms with van der Waals surface area (Å²) in [5, 5.41) is 3.93. The van der Waals surface area contributed by atoms with Crippen LogP contribution in [0.15, 0.2) is 60.9 Å². The van der Waals surface area contributed by atoms with Gasteiger partial charge in [0.2, 0.25) is 0 Å². The van der Waals surface area contributed by atoms with Crippen LogP contribution in [0.2, 0.25) is 5.02 Å². The first-order valence-electron chi connectivity index (χ1n) is 6.34. The molecule has 2 aromatic carbocycles. The molecule has 0 N–H and O–H groups in total. The van der Waals surface area contributed by atoms with Gasteiger partial charge in [-0.05, 0) is 29.8 Å². The molecule has 0 bridgehead atoms. The van der Waals surface area contributed by atoms with Crippen molar-refractivity contribution in [2.75, 3.05) is 0 Å². The summed E-state index contributed by atoms with van der Waals surface area (Å²) in [6.07, 6.45) is 3.55. The van der Waals surface area contributed by atoms with Crippen molar-refractivity contribution in [1.82, 2.24) is 9.78 Å². The van der Waals surface area contributed by atoms with Gasteiger partial charge in [0.25, 0.3) is 0 Å². The number of hydrogen-bond donors (Lipinski definition) is 0. The number of aromatic nitrogens is 2. The number of nitrogens with zero attached hydrogens (tertiary/aromatic N) is 2. The van der Waals surface area contributed by atoms with Crippen molar-refractivity contribution in [1.29, 1.82) is 0 Å². The average Bonchev–Trinajstić information content (AvgIpc) is 3.00. The molecule has 0 aliphatic rings. The Bertz CT molecular complexity index is 756. The maximum absolute atomic E-state index is 13.2. The first kappa shape index (κ1) is 14.1. The molecule has 0 amide bonds. The first-order chi connectivity index (χ1) is 10.1. The molecule has 0 aliphatic heterocycles. The molecular formula is C16H11Cl2FN2. The fraction of sp³-hybridized carbons (Fsp3) is 0.0625. The maximum atomic E-state index is 13.2. The molecule has 1 heterocycles. The third-order valence-electron chi connectivity index (χ3n) is 3.15. The fourth-order valence-corrected chi connectivity index (χ4v) is 2.49. The van der Waals surface area contributed by atoms with Crippen LogP contribution in [0.1, 0.15) is 16.5 Å². The number of alkyl halides is 1. The Hall–Kier alpha value is -1.84. The molecule has 0 saturated heterocycles. The minimum atomic E-state index is -0.454. The van der Waals surface area contributed by atoms with Gasteiger partial charge in [0.1, 0.15) is 5.82 Å². The lowest BCUT2D eigenvalue weighted by Gasteiger charge is -2.08. The van der Waals surface area contributed by atoms with Crippen LogP contribution < -0.4 is 0 Å². The number of para-hydroxylation sites is 1. The first-order valence-corrected chi connectivity index (χ1v) is 7.15. The Balaban J connectivity index is 1.90. The second kappa shape index (κ2) is 5.88. The minimum Gasteiger partial charge on any atom is -0.241 e. The van der Waals surface area contributed by atoms with E-state index in [0.29, 0.717) is 0 Å². The largest absolute Gasteiger partial charge is 0.241 e. The van der Waals surface area contributed by atoms with Crippen molar-refractivity contribution in [2.24, 2.45) is 0 Å². The zero-order valence-electron chi connectivity index (χ0n) is 10.9. The van der Waals surface area contributed by atoms with E-state index in [2.05, 4.69) is 5.10 Å². The van der Waals surface area contributed by atoms with E-state index in [4.69, 9.17) is 23.2 Å². The van der Waals surface area contributed by atoms with E-state index in [9.17, 15) is 4.39 Å². The molecule has 0 aliphatic carbocycles. The molecule has 3 aromatic rings. The molecule has 2 nitrogen and oxygen atoms in total. The lowest BCUT2D eigenvalue weighted by molar-refractivity contribution is 0.627. The zero-order valence-corrected chi connectivity index (χ0v) is 12.4. The van der Waals surface area contributed by atoms with E-state index in [1.807, 2.05) is 36.5 Å². The molecule has 1 aromatic heterocycles. The second-order valence-electron chi connectivity index (χ2n) is 4.59. The predicted molar refractivity (Wildman–Crippen MR) is 82.7 cm³/mol. The molecule has 21 heavy (non-hydrogen) atoms. The molecule has 1 unspecified atom stereocenters. The van der Waals surface area contributed by atoms with Gasteiger partial charge in [-0.3, -0.25) is 0 Å². The third kappa shape index (κ3) is 2.94. The summed E-state index contributed by atoms with van der Waals surface area (Å²) in [7, 11) is 0. The van der Waals surface area contributed by atoms with Gasteiger partial charge in [-0.2, -0.15) is 5.10 Å². The van der Waals surface area contributed by atoms with Crippen molar-refractivity contribution in [2.45, 2.75) is 5.38 Å². The lowest BCUT2D eigenvalue weighted by atomic mass is 10.1. The van der Waals surface area contributed by atoms with E-state index in [-0.39, 0.29) is 5.02 Å². The fourth-order valence-electron chi connectivity index (χ4n) is 2.05. The van der Waals surface area contributed by atoms with Gasteiger partial charge in [-0.15, -0.1) is 11.6 Å². The van der Waals surface area contributed by atoms with Gasteiger partial charge in [0, 0.05) is 11.8 Å². The van der Waals surface area contributed by atoms with Gasteiger partial charge in [0.05, 0.1) is 22.3 Å². The molecule has 0 spiro atoms. The molecule has 1 atom stereocenters. The molecule has 3 rings (SSSR count). The third-order valence-corrected chi connectivity index (χ3v) is 3.95. The van der Waals surface area contributed by atoms with Crippen LogP contribution in [0.5, 0.6) is 0 Å². The minimum absolute atomic E-state index is 0.0635. The van der Waals surface area contributed by atoms with Gasteiger partial charge >= 0.3 is 0 Å². The monoisotopic (exact) mass is 320 g/mol. The molecule has 0 saturated carbocycles. The highest BCUT2D eigenvalue weighted by molar-refractivity contribution is 6.31. The predicted octanol–water partition coefficient (Wildman–Crippen LogP) is 4.99. The van der Waals surface area contributed by atoms with Gasteiger partial charge in [0.15, 0.2) is 0 Å². The van der Waals surface area contributed by atoms with Gasteiger partial charge in [-0.1, -0.05) is 35.9 Å². The summed E-state index contributed by atoms with van der Waals surface area (Å²) in [6.45, 7) is 0.